The summed E-state index contributed by atoms with van der Waals surface area (Å²) in [7, 11) is 0. The molecule has 0 spiro atoms. The van der Waals surface area contributed by atoms with Crippen LogP contribution in [0.4, 0.5) is 0 Å². The molecule has 1 aromatic rings. The number of nitrogens with zero attached hydrogens (tertiary/aromatic N) is 1. The number of imide groups is 2. The minimum absolute atomic E-state index is 0.127. The summed E-state index contributed by atoms with van der Waals surface area (Å²) in [6.45, 7) is 4.29. The van der Waals surface area contributed by atoms with Crippen LogP contribution in [0.2, 0.25) is 0 Å². The van der Waals surface area contributed by atoms with E-state index in [1.165, 1.54) is 0 Å². The summed E-state index contributed by atoms with van der Waals surface area (Å²) in [6, 6.07) is 5.52. The summed E-state index contributed by atoms with van der Waals surface area (Å²) in [5.74, 6) is -1.27. The van der Waals surface area contributed by atoms with Gasteiger partial charge in [-0.15, -0.1) is 0 Å². The van der Waals surface area contributed by atoms with Crippen LogP contribution in [0.5, 0.6) is 0 Å². The van der Waals surface area contributed by atoms with E-state index in [0.29, 0.717) is 29.1 Å². The number of carbonyl (C=O) groups is 4. The van der Waals surface area contributed by atoms with Crippen LogP contribution in [0, 0.1) is 5.92 Å². The molecule has 7 nitrogen and oxygen atoms in total. The predicted molar refractivity (Wildman–Crippen MR) is 102 cm³/mol. The number of fused-ring (bicyclic) bond motifs is 1. The Hall–Kier alpha value is -2.54. The molecule has 7 heteroatoms. The van der Waals surface area contributed by atoms with Gasteiger partial charge in [-0.3, -0.25) is 29.4 Å². The highest BCUT2D eigenvalue weighted by Gasteiger charge is 2.44. The fourth-order valence-electron chi connectivity index (χ4n) is 4.49. The lowest BCUT2D eigenvalue weighted by Crippen LogP contribution is -2.54. The fourth-order valence-corrected chi connectivity index (χ4v) is 4.49. The van der Waals surface area contributed by atoms with E-state index in [1.807, 2.05) is 6.07 Å². The molecule has 1 atom stereocenters. The van der Waals surface area contributed by atoms with Gasteiger partial charge in [0.2, 0.25) is 11.8 Å². The second-order valence-corrected chi connectivity index (χ2v) is 8.39. The van der Waals surface area contributed by atoms with E-state index in [4.69, 9.17) is 0 Å². The molecule has 4 rings (SSSR count). The van der Waals surface area contributed by atoms with Crippen molar-refractivity contribution in [3.8, 4) is 0 Å². The molecule has 0 bridgehead atoms. The lowest BCUT2D eigenvalue weighted by Gasteiger charge is -2.37. The van der Waals surface area contributed by atoms with Gasteiger partial charge in [0.05, 0.1) is 11.1 Å². The van der Waals surface area contributed by atoms with Crippen molar-refractivity contribution in [2.45, 2.75) is 64.1 Å². The van der Waals surface area contributed by atoms with Gasteiger partial charge < -0.3 is 5.32 Å². The average molecular weight is 383 g/mol. The Bertz CT molecular complexity index is 857. The SMILES string of the molecule is CC(C)NC1CC(Cc2ccc3c(c2)C(=O)N(C2CCC(=O)NC2=O)C3=O)C1. The molecule has 1 aromatic carbocycles. The first-order valence-corrected chi connectivity index (χ1v) is 9.94. The van der Waals surface area contributed by atoms with Gasteiger partial charge in [-0.05, 0) is 49.3 Å². The van der Waals surface area contributed by atoms with Crippen molar-refractivity contribution in [3.63, 3.8) is 0 Å². The number of benzene rings is 1. The van der Waals surface area contributed by atoms with E-state index in [2.05, 4.69) is 24.5 Å². The van der Waals surface area contributed by atoms with E-state index < -0.39 is 23.8 Å². The van der Waals surface area contributed by atoms with Crippen LogP contribution in [0.3, 0.4) is 0 Å². The minimum Gasteiger partial charge on any atom is -0.312 e. The van der Waals surface area contributed by atoms with Gasteiger partial charge >= 0.3 is 0 Å². The highest BCUT2D eigenvalue weighted by molar-refractivity contribution is 6.23. The van der Waals surface area contributed by atoms with Crippen LogP contribution < -0.4 is 10.6 Å². The van der Waals surface area contributed by atoms with Gasteiger partial charge in [-0.2, -0.15) is 0 Å². The first-order chi connectivity index (χ1) is 13.3. The van der Waals surface area contributed by atoms with Crippen LogP contribution in [0.25, 0.3) is 0 Å². The third-order valence-corrected chi connectivity index (χ3v) is 5.83. The summed E-state index contributed by atoms with van der Waals surface area (Å²) < 4.78 is 0. The number of piperidine rings is 1. The second-order valence-electron chi connectivity index (χ2n) is 8.39. The predicted octanol–water partition coefficient (Wildman–Crippen LogP) is 1.41. The smallest absolute Gasteiger partial charge is 0.262 e. The van der Waals surface area contributed by atoms with Crippen molar-refractivity contribution in [1.82, 2.24) is 15.5 Å². The molecule has 1 saturated carbocycles. The molecule has 1 saturated heterocycles. The molecule has 1 unspecified atom stereocenters. The summed E-state index contributed by atoms with van der Waals surface area (Å²) in [5.41, 5.74) is 1.74. The Morgan fingerprint density at radius 2 is 1.82 bits per heavy atom. The molecule has 2 heterocycles. The topological polar surface area (TPSA) is 95.6 Å². The molecule has 0 aromatic heterocycles. The van der Waals surface area contributed by atoms with Crippen molar-refractivity contribution in [2.75, 3.05) is 0 Å². The van der Waals surface area contributed by atoms with Gasteiger partial charge in [0, 0.05) is 18.5 Å². The Balaban J connectivity index is 1.46. The molecule has 4 amide bonds. The molecule has 3 aliphatic rings. The first-order valence-electron chi connectivity index (χ1n) is 9.94. The lowest BCUT2D eigenvalue weighted by molar-refractivity contribution is -0.136. The maximum absolute atomic E-state index is 12.9. The summed E-state index contributed by atoms with van der Waals surface area (Å²) in [6.07, 6.45) is 3.41. The van der Waals surface area contributed by atoms with Gasteiger partial charge in [0.15, 0.2) is 0 Å². The normalized spacial score (nSPS) is 27.1. The van der Waals surface area contributed by atoms with Crippen LogP contribution in [0.15, 0.2) is 18.2 Å². The third-order valence-electron chi connectivity index (χ3n) is 5.83. The maximum Gasteiger partial charge on any atom is 0.262 e. The van der Waals surface area contributed by atoms with Gasteiger partial charge in [-0.25, -0.2) is 0 Å². The van der Waals surface area contributed by atoms with Crippen molar-refractivity contribution in [1.29, 1.82) is 0 Å². The summed E-state index contributed by atoms with van der Waals surface area (Å²) in [4.78, 5) is 50.1. The Morgan fingerprint density at radius 1 is 1.11 bits per heavy atom. The van der Waals surface area contributed by atoms with Crippen LogP contribution in [-0.4, -0.2) is 46.7 Å². The quantitative estimate of drug-likeness (QED) is 0.750. The third kappa shape index (κ3) is 3.35. The monoisotopic (exact) mass is 383 g/mol. The zero-order valence-corrected chi connectivity index (χ0v) is 16.2. The van der Waals surface area contributed by atoms with Crippen molar-refractivity contribution >= 4 is 23.6 Å². The largest absolute Gasteiger partial charge is 0.312 e. The van der Waals surface area contributed by atoms with Crippen LogP contribution >= 0.6 is 0 Å². The first kappa shape index (κ1) is 18.8. The molecule has 2 fully saturated rings. The van der Waals surface area contributed by atoms with Crippen molar-refractivity contribution < 1.29 is 19.2 Å². The molecule has 148 valence electrons. The number of hydrogen-bond acceptors (Lipinski definition) is 5. The second kappa shape index (κ2) is 7.13. The number of hydrogen-bond donors (Lipinski definition) is 2. The molecule has 28 heavy (non-hydrogen) atoms. The van der Waals surface area contributed by atoms with Gasteiger partial charge in [0.1, 0.15) is 6.04 Å². The van der Waals surface area contributed by atoms with Crippen molar-refractivity contribution in [2.24, 2.45) is 5.92 Å². The average Bonchev–Trinajstić information content (AvgIpc) is 2.84. The van der Waals surface area contributed by atoms with E-state index in [0.717, 1.165) is 29.7 Å². The fraction of sp³-hybridized carbons (Fsp3) is 0.524. The zero-order valence-electron chi connectivity index (χ0n) is 16.2. The Morgan fingerprint density at radius 3 is 2.50 bits per heavy atom. The molecular formula is C21H25N3O4. The molecule has 0 radical (unpaired) electrons. The highest BCUT2D eigenvalue weighted by Crippen LogP contribution is 2.33. The molecule has 2 N–H and O–H groups in total. The minimum atomic E-state index is -0.914. The Kier molecular flexibility index (Phi) is 4.79. The number of amides is 4. The molecular weight excluding hydrogens is 358 g/mol. The highest BCUT2D eigenvalue weighted by atomic mass is 16.2. The molecule has 1 aliphatic carbocycles. The number of carbonyl (C=O) groups excluding carboxylic acids is 4. The summed E-state index contributed by atoms with van der Waals surface area (Å²) in [5, 5.41) is 5.75. The van der Waals surface area contributed by atoms with E-state index in [-0.39, 0.29) is 18.7 Å². The summed E-state index contributed by atoms with van der Waals surface area (Å²) >= 11 is 0. The van der Waals surface area contributed by atoms with Crippen LogP contribution in [-0.2, 0) is 16.0 Å². The number of nitrogens with one attached hydrogen (secondary N) is 2. The lowest BCUT2D eigenvalue weighted by atomic mass is 9.76. The maximum atomic E-state index is 12.9. The number of rotatable bonds is 5. The van der Waals surface area contributed by atoms with Crippen molar-refractivity contribution in [3.05, 3.63) is 34.9 Å². The van der Waals surface area contributed by atoms with Crippen LogP contribution in [0.1, 0.15) is 65.8 Å². The standard InChI is InChI=1S/C21H25N3O4/c1-11(2)22-14-8-13(9-14)7-12-3-4-15-16(10-12)21(28)24(20(15)27)17-5-6-18(25)23-19(17)26/h3-4,10-11,13-14,17,22H,5-9H2,1-2H3,(H,23,25,26). The van der Waals surface area contributed by atoms with Gasteiger partial charge in [-0.1, -0.05) is 19.9 Å². The Labute approximate surface area is 163 Å². The van der Waals surface area contributed by atoms with E-state index in [9.17, 15) is 19.2 Å². The molecule has 2 aliphatic heterocycles. The van der Waals surface area contributed by atoms with E-state index in [1.54, 1.807) is 12.1 Å². The van der Waals surface area contributed by atoms with E-state index >= 15 is 0 Å². The van der Waals surface area contributed by atoms with Gasteiger partial charge in [0.25, 0.3) is 11.8 Å². The zero-order chi connectivity index (χ0) is 20.0.